The second kappa shape index (κ2) is 5.50. The smallest absolute Gasteiger partial charge is 0.215 e. The molecule has 21 heavy (non-hydrogen) atoms. The molecule has 0 unspecified atom stereocenters. The van der Waals surface area contributed by atoms with E-state index in [9.17, 15) is 4.39 Å². The zero-order chi connectivity index (χ0) is 15.0. The Morgan fingerprint density at radius 2 is 2.05 bits per heavy atom. The maximum atomic E-state index is 14.2. The van der Waals surface area contributed by atoms with E-state index in [2.05, 4.69) is 9.97 Å². The Labute approximate surface area is 130 Å². The topological polar surface area (TPSA) is 39.9 Å². The third-order valence-corrected chi connectivity index (χ3v) is 3.50. The molecule has 0 aliphatic carbocycles. The van der Waals surface area contributed by atoms with Gasteiger partial charge in [-0.1, -0.05) is 11.6 Å². The quantitative estimate of drug-likeness (QED) is 0.684. The summed E-state index contributed by atoms with van der Waals surface area (Å²) < 4.78 is 20.8. The summed E-state index contributed by atoms with van der Waals surface area (Å²) >= 11 is 11.9. The van der Waals surface area contributed by atoms with Gasteiger partial charge in [-0.2, -0.15) is 4.98 Å². The average Bonchev–Trinajstić information content (AvgIpc) is 2.87. The standard InChI is InChI=1S/C14H10Cl2FN3O/c1-21-13-5-4-10-14(19-13)20(12(7-15)18-10)11-6-8(16)2-3-9(11)17/h2-6H,7H2,1H3. The fraction of sp³-hybridized carbons (Fsp3) is 0.143. The van der Waals surface area contributed by atoms with Crippen molar-refractivity contribution in [1.29, 1.82) is 0 Å². The van der Waals surface area contributed by atoms with Crippen LogP contribution in [-0.2, 0) is 5.88 Å². The number of hydrogen-bond acceptors (Lipinski definition) is 3. The number of nitrogens with zero attached hydrogens (tertiary/aromatic N) is 3. The minimum Gasteiger partial charge on any atom is -0.481 e. The molecule has 0 aliphatic rings. The highest BCUT2D eigenvalue weighted by atomic mass is 35.5. The molecule has 0 radical (unpaired) electrons. The Kier molecular flexibility index (Phi) is 3.69. The fourth-order valence-corrected chi connectivity index (χ4v) is 2.45. The summed E-state index contributed by atoms with van der Waals surface area (Å²) in [6.07, 6.45) is 0. The Morgan fingerprint density at radius 3 is 2.76 bits per heavy atom. The van der Waals surface area contributed by atoms with Crippen molar-refractivity contribution in [1.82, 2.24) is 14.5 Å². The molecule has 1 aromatic carbocycles. The number of rotatable bonds is 3. The van der Waals surface area contributed by atoms with E-state index in [1.165, 1.54) is 25.3 Å². The van der Waals surface area contributed by atoms with E-state index in [0.29, 0.717) is 27.9 Å². The number of halogens is 3. The normalized spacial score (nSPS) is 11.0. The first-order valence-corrected chi connectivity index (χ1v) is 6.99. The minimum atomic E-state index is -0.435. The number of fused-ring (bicyclic) bond motifs is 1. The van der Waals surface area contributed by atoms with Gasteiger partial charge < -0.3 is 4.74 Å². The van der Waals surface area contributed by atoms with Gasteiger partial charge in [0.25, 0.3) is 0 Å². The first kappa shape index (κ1) is 14.1. The SMILES string of the molecule is COc1ccc2nc(CCl)n(-c3cc(Cl)ccc3F)c2n1. The monoisotopic (exact) mass is 325 g/mol. The van der Waals surface area contributed by atoms with Crippen molar-refractivity contribution in [2.45, 2.75) is 5.88 Å². The molecule has 0 N–H and O–H groups in total. The number of aromatic nitrogens is 3. The molecule has 0 saturated heterocycles. The molecule has 3 rings (SSSR count). The lowest BCUT2D eigenvalue weighted by Gasteiger charge is -2.09. The van der Waals surface area contributed by atoms with Crippen LogP contribution in [0.2, 0.25) is 5.02 Å². The van der Waals surface area contributed by atoms with Gasteiger partial charge in [-0.25, -0.2) is 9.37 Å². The summed E-state index contributed by atoms with van der Waals surface area (Å²) in [6.45, 7) is 0. The molecule has 7 heteroatoms. The van der Waals surface area contributed by atoms with Gasteiger partial charge in [0.1, 0.15) is 17.2 Å². The molecule has 0 aliphatic heterocycles. The Hall–Kier alpha value is -1.85. The number of ether oxygens (including phenoxy) is 1. The highest BCUT2D eigenvalue weighted by Crippen LogP contribution is 2.26. The van der Waals surface area contributed by atoms with Crippen LogP contribution >= 0.6 is 23.2 Å². The van der Waals surface area contributed by atoms with Crippen LogP contribution in [0.1, 0.15) is 5.82 Å². The van der Waals surface area contributed by atoms with E-state index in [1.807, 2.05) is 0 Å². The minimum absolute atomic E-state index is 0.116. The van der Waals surface area contributed by atoms with E-state index < -0.39 is 5.82 Å². The summed E-state index contributed by atoms with van der Waals surface area (Å²) in [7, 11) is 1.51. The van der Waals surface area contributed by atoms with E-state index in [4.69, 9.17) is 27.9 Å². The first-order chi connectivity index (χ1) is 10.1. The lowest BCUT2D eigenvalue weighted by molar-refractivity contribution is 0.399. The van der Waals surface area contributed by atoms with Crippen LogP contribution in [0.4, 0.5) is 4.39 Å². The van der Waals surface area contributed by atoms with E-state index >= 15 is 0 Å². The van der Waals surface area contributed by atoms with Crippen LogP contribution in [0.25, 0.3) is 16.9 Å². The lowest BCUT2D eigenvalue weighted by Crippen LogP contribution is -2.03. The zero-order valence-corrected chi connectivity index (χ0v) is 12.5. The second-order valence-corrected chi connectivity index (χ2v) is 4.99. The summed E-state index contributed by atoms with van der Waals surface area (Å²) in [5.74, 6) is 0.570. The number of pyridine rings is 1. The van der Waals surface area contributed by atoms with Gasteiger partial charge in [-0.05, 0) is 24.3 Å². The average molecular weight is 326 g/mol. The summed E-state index contributed by atoms with van der Waals surface area (Å²) in [5, 5.41) is 0.414. The first-order valence-electron chi connectivity index (χ1n) is 6.08. The Balaban J connectivity index is 2.36. The van der Waals surface area contributed by atoms with E-state index in [-0.39, 0.29) is 11.6 Å². The van der Waals surface area contributed by atoms with Gasteiger partial charge in [0.2, 0.25) is 5.88 Å². The van der Waals surface area contributed by atoms with Crippen molar-refractivity contribution in [2.75, 3.05) is 7.11 Å². The summed E-state index contributed by atoms with van der Waals surface area (Å²) in [5.41, 5.74) is 1.32. The Bertz CT molecular complexity index is 819. The van der Waals surface area contributed by atoms with Gasteiger partial charge in [0.15, 0.2) is 5.65 Å². The van der Waals surface area contributed by atoms with Crippen LogP contribution in [0.15, 0.2) is 30.3 Å². The molecule has 0 bridgehead atoms. The third-order valence-electron chi connectivity index (χ3n) is 3.03. The van der Waals surface area contributed by atoms with Crippen molar-refractivity contribution in [3.05, 3.63) is 47.0 Å². The van der Waals surface area contributed by atoms with Crippen molar-refractivity contribution >= 4 is 34.4 Å². The van der Waals surface area contributed by atoms with Crippen molar-refractivity contribution in [3.8, 4) is 11.6 Å². The highest BCUT2D eigenvalue weighted by Gasteiger charge is 2.17. The van der Waals surface area contributed by atoms with Gasteiger partial charge in [0.05, 0.1) is 18.7 Å². The lowest BCUT2D eigenvalue weighted by atomic mass is 10.3. The van der Waals surface area contributed by atoms with E-state index in [1.54, 1.807) is 16.7 Å². The predicted octanol–water partition coefficient (Wildman–Crippen LogP) is 3.96. The summed E-state index contributed by atoms with van der Waals surface area (Å²) in [4.78, 5) is 8.68. The van der Waals surface area contributed by atoms with Gasteiger partial charge >= 0.3 is 0 Å². The van der Waals surface area contributed by atoms with E-state index in [0.717, 1.165) is 0 Å². The highest BCUT2D eigenvalue weighted by molar-refractivity contribution is 6.30. The summed E-state index contributed by atoms with van der Waals surface area (Å²) in [6, 6.07) is 7.72. The molecule has 2 aromatic heterocycles. The zero-order valence-electron chi connectivity index (χ0n) is 11.0. The Morgan fingerprint density at radius 1 is 1.24 bits per heavy atom. The van der Waals surface area contributed by atoms with Gasteiger partial charge in [-0.3, -0.25) is 4.57 Å². The van der Waals surface area contributed by atoms with Crippen LogP contribution in [-0.4, -0.2) is 21.6 Å². The van der Waals surface area contributed by atoms with Crippen LogP contribution in [0, 0.1) is 5.82 Å². The van der Waals surface area contributed by atoms with Gasteiger partial charge in [-0.15, -0.1) is 11.6 Å². The van der Waals surface area contributed by atoms with Crippen LogP contribution in [0.3, 0.4) is 0 Å². The van der Waals surface area contributed by atoms with Crippen molar-refractivity contribution < 1.29 is 9.13 Å². The third kappa shape index (κ3) is 2.43. The molecule has 0 atom stereocenters. The molecular weight excluding hydrogens is 316 g/mol. The molecule has 0 fully saturated rings. The van der Waals surface area contributed by atoms with Gasteiger partial charge in [0, 0.05) is 11.1 Å². The maximum absolute atomic E-state index is 14.2. The number of methoxy groups -OCH3 is 1. The molecule has 0 saturated carbocycles. The number of imidazole rings is 1. The molecule has 0 amide bonds. The van der Waals surface area contributed by atoms with Crippen LogP contribution < -0.4 is 4.74 Å². The maximum Gasteiger partial charge on any atom is 0.215 e. The van der Waals surface area contributed by atoms with Crippen molar-refractivity contribution in [2.24, 2.45) is 0 Å². The fourth-order valence-electron chi connectivity index (χ4n) is 2.10. The predicted molar refractivity (Wildman–Crippen MR) is 79.9 cm³/mol. The molecule has 2 heterocycles. The van der Waals surface area contributed by atoms with Crippen LogP contribution in [0.5, 0.6) is 5.88 Å². The number of benzene rings is 1. The van der Waals surface area contributed by atoms with Crippen molar-refractivity contribution in [3.63, 3.8) is 0 Å². The largest absolute Gasteiger partial charge is 0.481 e. The number of hydrogen-bond donors (Lipinski definition) is 0. The molecule has 3 aromatic rings. The molecule has 4 nitrogen and oxygen atoms in total. The molecular formula is C14H10Cl2FN3O. The molecule has 108 valence electrons. The number of alkyl halides is 1. The second-order valence-electron chi connectivity index (χ2n) is 4.29. The molecule has 0 spiro atoms.